The number of aromatic nitrogens is 1. The molecule has 1 aromatic heterocycles. The van der Waals surface area contributed by atoms with Gasteiger partial charge in [-0.05, 0) is 11.6 Å². The zero-order chi connectivity index (χ0) is 25.1. The molecule has 1 amide bonds. The number of amides is 1. The average molecular weight is 491 g/mol. The number of hydrogen-bond donors (Lipinski definition) is 2. The zero-order valence-corrected chi connectivity index (χ0v) is 19.3. The summed E-state index contributed by atoms with van der Waals surface area (Å²) in [6, 6.07) is 16.8. The van der Waals surface area contributed by atoms with Crippen molar-refractivity contribution in [2.24, 2.45) is 5.73 Å². The van der Waals surface area contributed by atoms with Crippen molar-refractivity contribution in [2.45, 2.75) is 12.5 Å². The number of rotatable bonds is 5. The standard InChI is InChI=1S/C25H19FN4O4S/c1-34-19(31)11-18-24(33)30-22(28)16(12-27)20(15-9-5-6-10-17(15)26)21(25(30)35-18)23(32)29-13-14-7-3-2-4-8-14/h2-11,20H,13,28H2,1H3,(H,29,32)/b18-11-/t20-/m0/s1. The van der Waals surface area contributed by atoms with Gasteiger partial charge in [0.15, 0.2) is 0 Å². The zero-order valence-electron chi connectivity index (χ0n) is 18.4. The number of benzene rings is 2. The van der Waals surface area contributed by atoms with Gasteiger partial charge in [0.25, 0.3) is 11.5 Å². The van der Waals surface area contributed by atoms with Gasteiger partial charge in [-0.15, -0.1) is 11.3 Å². The molecular formula is C25H19FN4O4S. The van der Waals surface area contributed by atoms with Crippen LogP contribution in [0.1, 0.15) is 17.0 Å². The molecule has 1 atom stereocenters. The monoisotopic (exact) mass is 490 g/mol. The van der Waals surface area contributed by atoms with E-state index in [1.54, 1.807) is 6.07 Å². The summed E-state index contributed by atoms with van der Waals surface area (Å²) in [4.78, 5) is 38.4. The number of nitriles is 1. The smallest absolute Gasteiger partial charge is 0.332 e. The molecule has 3 N–H and O–H groups in total. The number of carbonyl (C=O) groups is 2. The number of methoxy groups -OCH3 is 1. The van der Waals surface area contributed by atoms with Crippen molar-refractivity contribution in [1.82, 2.24) is 9.88 Å². The Labute approximate surface area is 202 Å². The van der Waals surface area contributed by atoms with Crippen LogP contribution in [0.5, 0.6) is 0 Å². The van der Waals surface area contributed by atoms with Crippen molar-refractivity contribution in [3.05, 3.63) is 96.7 Å². The summed E-state index contributed by atoms with van der Waals surface area (Å²) in [7, 11) is 1.16. The molecule has 35 heavy (non-hydrogen) atoms. The molecule has 4 rings (SSSR count). The van der Waals surface area contributed by atoms with Gasteiger partial charge in [-0.25, -0.2) is 9.18 Å². The molecule has 0 fully saturated rings. The Kier molecular flexibility index (Phi) is 6.62. The summed E-state index contributed by atoms with van der Waals surface area (Å²) in [5.41, 5.74) is 6.22. The second kappa shape index (κ2) is 9.79. The Morgan fingerprint density at radius 1 is 1.23 bits per heavy atom. The molecule has 2 aromatic carbocycles. The topological polar surface area (TPSA) is 127 Å². The molecule has 176 valence electrons. The molecule has 0 bridgehead atoms. The lowest BCUT2D eigenvalue weighted by atomic mass is 9.83. The third-order valence-corrected chi connectivity index (χ3v) is 6.58. The highest BCUT2D eigenvalue weighted by atomic mass is 32.1. The van der Waals surface area contributed by atoms with E-state index in [0.717, 1.165) is 34.7 Å². The van der Waals surface area contributed by atoms with E-state index in [0.29, 0.717) is 0 Å². The van der Waals surface area contributed by atoms with E-state index in [1.165, 1.54) is 18.2 Å². The third kappa shape index (κ3) is 4.37. The summed E-state index contributed by atoms with van der Waals surface area (Å²) in [5.74, 6) is -3.42. The van der Waals surface area contributed by atoms with Crippen LogP contribution in [0.15, 0.2) is 65.0 Å². The lowest BCUT2D eigenvalue weighted by Gasteiger charge is -2.25. The average Bonchev–Trinajstić information content (AvgIpc) is 3.19. The molecule has 3 aromatic rings. The molecule has 8 nitrogen and oxygen atoms in total. The fourth-order valence-electron chi connectivity index (χ4n) is 3.83. The number of fused-ring (bicyclic) bond motifs is 1. The van der Waals surface area contributed by atoms with E-state index in [1.807, 2.05) is 36.4 Å². The molecule has 0 aliphatic carbocycles. The van der Waals surface area contributed by atoms with E-state index in [2.05, 4.69) is 10.1 Å². The first kappa shape index (κ1) is 23.7. The summed E-state index contributed by atoms with van der Waals surface area (Å²) in [6.07, 6.45) is 0.981. The van der Waals surface area contributed by atoms with E-state index in [9.17, 15) is 24.0 Å². The lowest BCUT2D eigenvalue weighted by Crippen LogP contribution is -2.42. The Morgan fingerprint density at radius 2 is 1.91 bits per heavy atom. The molecule has 0 saturated heterocycles. The lowest BCUT2D eigenvalue weighted by molar-refractivity contribution is -0.133. The minimum absolute atomic E-state index is 0.0246. The fraction of sp³-hybridized carbons (Fsp3) is 0.120. The maximum atomic E-state index is 14.9. The van der Waals surface area contributed by atoms with Gasteiger partial charge in [0, 0.05) is 18.2 Å². The minimum Gasteiger partial charge on any atom is -0.466 e. The SMILES string of the molecule is COC(=O)/C=c1\sc2n(c1=O)C(N)=C(C#N)[C@H](c1ccccc1F)C=2C(=O)NCc1ccccc1. The van der Waals surface area contributed by atoms with Gasteiger partial charge in [-0.3, -0.25) is 14.2 Å². The number of nitrogens with two attached hydrogens (primary N) is 1. The summed E-state index contributed by atoms with van der Waals surface area (Å²) < 4.78 is 20.6. The van der Waals surface area contributed by atoms with Crippen LogP contribution in [0, 0.1) is 17.1 Å². The number of carbonyl (C=O) groups excluding carboxylic acids is 2. The number of nitrogens with zero attached hydrogens (tertiary/aromatic N) is 2. The van der Waals surface area contributed by atoms with Crippen molar-refractivity contribution in [2.75, 3.05) is 7.11 Å². The van der Waals surface area contributed by atoms with Crippen LogP contribution in [-0.2, 0) is 20.9 Å². The van der Waals surface area contributed by atoms with Gasteiger partial charge in [0.1, 0.15) is 20.8 Å². The highest BCUT2D eigenvalue weighted by Gasteiger charge is 2.36. The highest BCUT2D eigenvalue weighted by Crippen LogP contribution is 2.37. The van der Waals surface area contributed by atoms with E-state index < -0.39 is 29.2 Å². The first-order valence-corrected chi connectivity index (χ1v) is 11.2. The van der Waals surface area contributed by atoms with Crippen molar-refractivity contribution < 1.29 is 18.7 Å². The normalized spacial score (nSPS) is 15.4. The van der Waals surface area contributed by atoms with Crippen LogP contribution in [0.4, 0.5) is 4.39 Å². The number of esters is 1. The maximum Gasteiger partial charge on any atom is 0.332 e. The van der Waals surface area contributed by atoms with E-state index in [4.69, 9.17) is 5.73 Å². The van der Waals surface area contributed by atoms with Crippen molar-refractivity contribution in [3.63, 3.8) is 0 Å². The van der Waals surface area contributed by atoms with Gasteiger partial charge in [-0.1, -0.05) is 48.5 Å². The van der Waals surface area contributed by atoms with Crippen molar-refractivity contribution >= 4 is 40.7 Å². The Balaban J connectivity index is 2.00. The number of hydrogen-bond acceptors (Lipinski definition) is 7. The Hall–Kier alpha value is -4.49. The second-order valence-electron chi connectivity index (χ2n) is 7.53. The molecule has 1 aliphatic heterocycles. The van der Waals surface area contributed by atoms with Crippen LogP contribution in [0.25, 0.3) is 17.5 Å². The molecule has 0 spiro atoms. The summed E-state index contributed by atoms with van der Waals surface area (Å²) in [5, 5.41) is 12.7. The molecule has 0 radical (unpaired) electrons. The molecule has 0 saturated carbocycles. The van der Waals surface area contributed by atoms with Gasteiger partial charge < -0.3 is 15.8 Å². The molecule has 1 aliphatic rings. The highest BCUT2D eigenvalue weighted by molar-refractivity contribution is 7.07. The number of ether oxygens (including phenoxy) is 1. The first-order valence-electron chi connectivity index (χ1n) is 10.4. The van der Waals surface area contributed by atoms with Gasteiger partial charge in [0.05, 0.1) is 30.2 Å². The van der Waals surface area contributed by atoms with Gasteiger partial charge in [0.2, 0.25) is 0 Å². The van der Waals surface area contributed by atoms with Crippen LogP contribution >= 0.6 is 11.3 Å². The third-order valence-electron chi connectivity index (χ3n) is 5.48. The van der Waals surface area contributed by atoms with Gasteiger partial charge in [-0.2, -0.15) is 5.26 Å². The molecule has 2 heterocycles. The maximum absolute atomic E-state index is 14.9. The molecule has 0 unspecified atom stereocenters. The van der Waals surface area contributed by atoms with Crippen LogP contribution < -0.4 is 25.8 Å². The Bertz CT molecular complexity index is 1580. The van der Waals surface area contributed by atoms with Crippen molar-refractivity contribution in [3.8, 4) is 6.07 Å². The minimum atomic E-state index is -1.17. The molecular weight excluding hydrogens is 471 g/mol. The summed E-state index contributed by atoms with van der Waals surface area (Å²) >= 11 is 0.834. The van der Waals surface area contributed by atoms with Crippen LogP contribution in [-0.4, -0.2) is 23.6 Å². The number of halogens is 1. The quantitative estimate of drug-likeness (QED) is 0.512. The second-order valence-corrected chi connectivity index (χ2v) is 8.56. The fourth-order valence-corrected chi connectivity index (χ4v) is 4.96. The van der Waals surface area contributed by atoms with E-state index in [-0.39, 0.29) is 38.3 Å². The van der Waals surface area contributed by atoms with Gasteiger partial charge >= 0.3 is 5.97 Å². The largest absolute Gasteiger partial charge is 0.466 e. The summed E-state index contributed by atoms with van der Waals surface area (Å²) in [6.45, 7) is 0.158. The molecule has 10 heteroatoms. The number of allylic oxidation sites excluding steroid dienone is 1. The Morgan fingerprint density at radius 3 is 2.57 bits per heavy atom. The number of nitrogens with one attached hydrogen (secondary N) is 1. The van der Waals surface area contributed by atoms with Crippen LogP contribution in [0.2, 0.25) is 0 Å². The predicted molar refractivity (Wildman–Crippen MR) is 128 cm³/mol. The number of thiazole rings is 1. The predicted octanol–water partition coefficient (Wildman–Crippen LogP) is 0.918. The van der Waals surface area contributed by atoms with Crippen LogP contribution in [0.3, 0.4) is 0 Å². The van der Waals surface area contributed by atoms with E-state index >= 15 is 0 Å². The first-order chi connectivity index (χ1) is 16.9. The van der Waals surface area contributed by atoms with Crippen molar-refractivity contribution in [1.29, 1.82) is 5.26 Å².